The number of benzene rings is 2. The minimum atomic E-state index is 0.742. The molecular weight excluding hydrogens is 304 g/mol. The van der Waals surface area contributed by atoms with Crippen molar-refractivity contribution in [1.82, 2.24) is 0 Å². The maximum atomic E-state index is 5.90. The third kappa shape index (κ3) is 5.00. The molecule has 0 unspecified atom stereocenters. The highest BCUT2D eigenvalue weighted by molar-refractivity contribution is 6.17. The van der Waals surface area contributed by atoms with Gasteiger partial charge in [0.1, 0.15) is 5.75 Å². The van der Waals surface area contributed by atoms with Crippen molar-refractivity contribution in [3.8, 4) is 16.9 Å². The third-order valence-electron chi connectivity index (χ3n) is 4.19. The second-order valence-electron chi connectivity index (χ2n) is 5.78. The van der Waals surface area contributed by atoms with Gasteiger partial charge in [-0.3, -0.25) is 0 Å². The monoisotopic (exact) mass is 330 g/mol. The summed E-state index contributed by atoms with van der Waals surface area (Å²) >= 11 is 5.70. The van der Waals surface area contributed by atoms with Crippen molar-refractivity contribution in [3.05, 3.63) is 53.6 Å². The lowest BCUT2D eigenvalue weighted by atomic mass is 9.93. The molecule has 2 heteroatoms. The molecule has 124 valence electrons. The zero-order valence-electron chi connectivity index (χ0n) is 14.3. The molecule has 0 heterocycles. The standard InChI is InChI=1S/C21H27ClO/c1-3-17-10-6-7-11-20(17)21-13-12-19(16-18(21)4-2)23-15-9-5-8-14-22/h6-7,10-13,16H,3-5,8-9,14-15H2,1-2H3. The van der Waals surface area contributed by atoms with E-state index < -0.39 is 0 Å². The van der Waals surface area contributed by atoms with Crippen LogP contribution in [-0.2, 0) is 12.8 Å². The van der Waals surface area contributed by atoms with E-state index in [0.29, 0.717) is 0 Å². The van der Waals surface area contributed by atoms with E-state index in [1.54, 1.807) is 0 Å². The van der Waals surface area contributed by atoms with Crippen LogP contribution in [0.4, 0.5) is 0 Å². The minimum Gasteiger partial charge on any atom is -0.494 e. The van der Waals surface area contributed by atoms with Crippen molar-refractivity contribution in [1.29, 1.82) is 0 Å². The first-order valence-corrected chi connectivity index (χ1v) is 9.23. The van der Waals surface area contributed by atoms with E-state index in [1.807, 2.05) is 0 Å². The summed E-state index contributed by atoms with van der Waals surface area (Å²) in [7, 11) is 0. The van der Waals surface area contributed by atoms with Gasteiger partial charge in [0.2, 0.25) is 0 Å². The van der Waals surface area contributed by atoms with Crippen LogP contribution in [0.25, 0.3) is 11.1 Å². The molecule has 0 atom stereocenters. The van der Waals surface area contributed by atoms with E-state index in [0.717, 1.165) is 50.3 Å². The van der Waals surface area contributed by atoms with Crippen LogP contribution in [0.1, 0.15) is 44.2 Å². The van der Waals surface area contributed by atoms with E-state index in [2.05, 4.69) is 56.3 Å². The Balaban J connectivity index is 2.13. The molecular formula is C21H27ClO. The van der Waals surface area contributed by atoms with E-state index in [-0.39, 0.29) is 0 Å². The van der Waals surface area contributed by atoms with E-state index in [4.69, 9.17) is 16.3 Å². The van der Waals surface area contributed by atoms with Gasteiger partial charge in [-0.25, -0.2) is 0 Å². The Labute approximate surface area is 145 Å². The van der Waals surface area contributed by atoms with Gasteiger partial charge >= 0.3 is 0 Å². The molecule has 0 saturated heterocycles. The molecule has 0 aliphatic carbocycles. The fourth-order valence-electron chi connectivity index (χ4n) is 2.87. The lowest BCUT2D eigenvalue weighted by Crippen LogP contribution is -1.99. The van der Waals surface area contributed by atoms with Crippen LogP contribution < -0.4 is 4.74 Å². The molecule has 0 spiro atoms. The van der Waals surface area contributed by atoms with Gasteiger partial charge in [0.05, 0.1) is 6.61 Å². The summed E-state index contributed by atoms with van der Waals surface area (Å²) in [5, 5.41) is 0. The largest absolute Gasteiger partial charge is 0.494 e. The number of hydrogen-bond donors (Lipinski definition) is 0. The quantitative estimate of drug-likeness (QED) is 0.389. The number of rotatable bonds is 9. The zero-order valence-corrected chi connectivity index (χ0v) is 15.0. The minimum absolute atomic E-state index is 0.742. The molecule has 2 aromatic rings. The van der Waals surface area contributed by atoms with Gasteiger partial charge in [0.15, 0.2) is 0 Å². The van der Waals surface area contributed by atoms with Crippen molar-refractivity contribution >= 4 is 11.6 Å². The van der Waals surface area contributed by atoms with Crippen molar-refractivity contribution in [3.63, 3.8) is 0 Å². The van der Waals surface area contributed by atoms with Gasteiger partial charge in [-0.1, -0.05) is 44.2 Å². The number of unbranched alkanes of at least 4 members (excludes halogenated alkanes) is 2. The van der Waals surface area contributed by atoms with Gasteiger partial charge in [0.25, 0.3) is 0 Å². The van der Waals surface area contributed by atoms with Crippen molar-refractivity contribution in [2.24, 2.45) is 0 Å². The predicted octanol–water partition coefficient (Wildman–Crippen LogP) is 6.27. The summed E-state index contributed by atoms with van der Waals surface area (Å²) in [5.74, 6) is 1.72. The van der Waals surface area contributed by atoms with Gasteiger partial charge in [-0.2, -0.15) is 0 Å². The second-order valence-corrected chi connectivity index (χ2v) is 6.16. The van der Waals surface area contributed by atoms with Crippen molar-refractivity contribution in [2.45, 2.75) is 46.0 Å². The van der Waals surface area contributed by atoms with E-state index in [1.165, 1.54) is 22.3 Å². The Kier molecular flexibility index (Phi) is 7.48. The average Bonchev–Trinajstić information content (AvgIpc) is 2.61. The predicted molar refractivity (Wildman–Crippen MR) is 101 cm³/mol. The Morgan fingerprint density at radius 3 is 2.30 bits per heavy atom. The van der Waals surface area contributed by atoms with E-state index >= 15 is 0 Å². The fraction of sp³-hybridized carbons (Fsp3) is 0.429. The molecule has 0 aliphatic rings. The molecule has 0 aromatic heterocycles. The fourth-order valence-corrected chi connectivity index (χ4v) is 3.06. The van der Waals surface area contributed by atoms with Gasteiger partial charge in [-0.15, -0.1) is 11.6 Å². The highest BCUT2D eigenvalue weighted by Gasteiger charge is 2.09. The molecule has 2 aromatic carbocycles. The summed E-state index contributed by atoms with van der Waals surface area (Å²) in [5.41, 5.74) is 5.43. The van der Waals surface area contributed by atoms with Crippen LogP contribution in [-0.4, -0.2) is 12.5 Å². The molecule has 2 rings (SSSR count). The number of aryl methyl sites for hydroxylation is 2. The van der Waals surface area contributed by atoms with E-state index in [9.17, 15) is 0 Å². The van der Waals surface area contributed by atoms with Gasteiger partial charge in [-0.05, 0) is 66.5 Å². The van der Waals surface area contributed by atoms with Crippen LogP contribution in [0.2, 0.25) is 0 Å². The molecule has 23 heavy (non-hydrogen) atoms. The first-order valence-electron chi connectivity index (χ1n) is 8.70. The van der Waals surface area contributed by atoms with Crippen LogP contribution >= 0.6 is 11.6 Å². The Bertz CT molecular complexity index is 607. The molecule has 0 amide bonds. The molecule has 0 fully saturated rings. The summed E-state index contributed by atoms with van der Waals surface area (Å²) in [6.45, 7) is 5.19. The number of alkyl halides is 1. The molecule has 0 aliphatic heterocycles. The highest BCUT2D eigenvalue weighted by Crippen LogP contribution is 2.30. The highest BCUT2D eigenvalue weighted by atomic mass is 35.5. The summed E-state index contributed by atoms with van der Waals surface area (Å²) in [6, 6.07) is 15.2. The zero-order chi connectivity index (χ0) is 16.5. The third-order valence-corrected chi connectivity index (χ3v) is 4.46. The average molecular weight is 331 g/mol. The first kappa shape index (κ1) is 17.9. The van der Waals surface area contributed by atoms with Crippen LogP contribution in [0, 0.1) is 0 Å². The molecule has 1 nitrogen and oxygen atoms in total. The first-order chi connectivity index (χ1) is 11.3. The Morgan fingerprint density at radius 1 is 0.826 bits per heavy atom. The van der Waals surface area contributed by atoms with Crippen LogP contribution in [0.15, 0.2) is 42.5 Å². The Morgan fingerprint density at radius 2 is 1.57 bits per heavy atom. The van der Waals surface area contributed by atoms with Gasteiger partial charge in [0, 0.05) is 5.88 Å². The summed E-state index contributed by atoms with van der Waals surface area (Å²) < 4.78 is 5.90. The molecule has 0 bridgehead atoms. The lowest BCUT2D eigenvalue weighted by molar-refractivity contribution is 0.306. The SMILES string of the molecule is CCc1ccccc1-c1ccc(OCCCCCCl)cc1CC. The molecule has 0 N–H and O–H groups in total. The molecule has 0 radical (unpaired) electrons. The number of halogens is 1. The lowest BCUT2D eigenvalue weighted by Gasteiger charge is -2.14. The maximum Gasteiger partial charge on any atom is 0.119 e. The number of hydrogen-bond acceptors (Lipinski definition) is 1. The maximum absolute atomic E-state index is 5.90. The smallest absolute Gasteiger partial charge is 0.119 e. The van der Waals surface area contributed by atoms with Crippen LogP contribution in [0.3, 0.4) is 0 Å². The van der Waals surface area contributed by atoms with Crippen LogP contribution in [0.5, 0.6) is 5.75 Å². The number of ether oxygens (including phenoxy) is 1. The summed E-state index contributed by atoms with van der Waals surface area (Å²) in [4.78, 5) is 0. The van der Waals surface area contributed by atoms with Gasteiger partial charge < -0.3 is 4.74 Å². The topological polar surface area (TPSA) is 9.23 Å². The normalized spacial score (nSPS) is 10.7. The van der Waals surface area contributed by atoms with Crippen molar-refractivity contribution < 1.29 is 4.74 Å². The van der Waals surface area contributed by atoms with Crippen molar-refractivity contribution in [2.75, 3.05) is 12.5 Å². The summed E-state index contributed by atoms with van der Waals surface area (Å²) in [6.07, 6.45) is 5.33. The molecule has 0 saturated carbocycles. The Hall–Kier alpha value is -1.47. The second kappa shape index (κ2) is 9.62.